The molecular weight excluding hydrogens is 372 g/mol. The summed E-state index contributed by atoms with van der Waals surface area (Å²) >= 11 is 1.13. The normalized spacial score (nSPS) is 15.9. The largest absolute Gasteiger partial charge is 0.616 e. The van der Waals surface area contributed by atoms with Crippen molar-refractivity contribution in [3.8, 4) is 10.4 Å². The third-order valence-electron chi connectivity index (χ3n) is 5.23. The first kappa shape index (κ1) is 18.5. The molecule has 2 aromatic carbocycles. The van der Waals surface area contributed by atoms with E-state index in [1.807, 2.05) is 6.20 Å². The highest BCUT2D eigenvalue weighted by Gasteiger charge is 2.26. The molecule has 0 unspecified atom stereocenters. The maximum absolute atomic E-state index is 11.5. The lowest BCUT2D eigenvalue weighted by molar-refractivity contribution is 0.586. The summed E-state index contributed by atoms with van der Waals surface area (Å²) in [4.78, 5) is 8.25. The Morgan fingerprint density at radius 2 is 1.67 bits per heavy atom. The summed E-state index contributed by atoms with van der Waals surface area (Å²) in [6.45, 7) is 6.21. The minimum atomic E-state index is -0.639. The number of rotatable bonds is 4. The number of thiazole rings is 1. The highest BCUT2D eigenvalue weighted by molar-refractivity contribution is 7.91. The van der Waals surface area contributed by atoms with E-state index in [1.54, 1.807) is 11.3 Å². The second kappa shape index (κ2) is 7.66. The fraction of sp³-hybridized carbons (Fsp3) is 0.318. The molecule has 0 N–H and O–H groups in total. The molecular formula is C22H24N2OS2. The Balaban J connectivity index is 1.53. The van der Waals surface area contributed by atoms with E-state index in [0.29, 0.717) is 0 Å². The molecule has 140 valence electrons. The second-order valence-electron chi connectivity index (χ2n) is 7.40. The van der Waals surface area contributed by atoms with Gasteiger partial charge in [0.1, 0.15) is 16.5 Å². The first-order chi connectivity index (χ1) is 13.0. The van der Waals surface area contributed by atoms with E-state index >= 15 is 0 Å². The fourth-order valence-electron chi connectivity index (χ4n) is 3.41. The fourth-order valence-corrected chi connectivity index (χ4v) is 5.51. The molecule has 0 atom stereocenters. The third-order valence-corrected chi connectivity index (χ3v) is 7.88. The van der Waals surface area contributed by atoms with Crippen LogP contribution in [0.15, 0.2) is 60.8 Å². The minimum absolute atomic E-state index is 0.104. The third kappa shape index (κ3) is 3.91. The smallest absolute Gasteiger partial charge is 0.123 e. The van der Waals surface area contributed by atoms with Crippen LogP contribution in [0.4, 0.5) is 5.69 Å². The number of anilines is 1. The van der Waals surface area contributed by atoms with Crippen molar-refractivity contribution < 1.29 is 4.55 Å². The highest BCUT2D eigenvalue weighted by atomic mass is 32.2. The van der Waals surface area contributed by atoms with Crippen molar-refractivity contribution in [2.24, 2.45) is 0 Å². The van der Waals surface area contributed by atoms with Crippen molar-refractivity contribution in [2.45, 2.75) is 19.3 Å². The van der Waals surface area contributed by atoms with E-state index in [1.165, 1.54) is 21.7 Å². The van der Waals surface area contributed by atoms with Gasteiger partial charge in [0, 0.05) is 17.3 Å². The molecule has 0 amide bonds. The van der Waals surface area contributed by atoms with E-state index in [2.05, 4.69) is 73.3 Å². The van der Waals surface area contributed by atoms with Crippen LogP contribution in [0.3, 0.4) is 0 Å². The molecule has 0 aliphatic carbocycles. The SMILES string of the molecule is CC(C)(c1ccccc1)c1ncc(-c2ccc(N3CC[S+]([O-])CC3)cc2)s1. The predicted molar refractivity (Wildman–Crippen MR) is 116 cm³/mol. The molecule has 5 heteroatoms. The Hall–Kier alpha value is -1.82. The zero-order valence-electron chi connectivity index (χ0n) is 15.7. The standard InChI is InChI=1S/C22H24N2OS2/c1-22(2,18-6-4-3-5-7-18)21-23-16-20(26-21)17-8-10-19(11-9-17)24-12-14-27(25)15-13-24/h3-11,16H,12-15H2,1-2H3. The lowest BCUT2D eigenvalue weighted by Gasteiger charge is -2.30. The number of nitrogens with zero attached hydrogens (tertiary/aromatic N) is 2. The zero-order valence-corrected chi connectivity index (χ0v) is 17.4. The Kier molecular flexibility index (Phi) is 5.26. The molecule has 3 nitrogen and oxygen atoms in total. The average Bonchev–Trinajstić information content (AvgIpc) is 3.21. The Bertz CT molecular complexity index is 882. The molecule has 4 rings (SSSR count). The summed E-state index contributed by atoms with van der Waals surface area (Å²) in [6, 6.07) is 19.2. The summed E-state index contributed by atoms with van der Waals surface area (Å²) < 4.78 is 11.5. The molecule has 1 aliphatic heterocycles. The van der Waals surface area contributed by atoms with Gasteiger partial charge in [0.2, 0.25) is 0 Å². The first-order valence-corrected chi connectivity index (χ1v) is 11.6. The van der Waals surface area contributed by atoms with Gasteiger partial charge < -0.3 is 9.45 Å². The van der Waals surface area contributed by atoms with Gasteiger partial charge in [0.05, 0.1) is 18.0 Å². The van der Waals surface area contributed by atoms with Crippen molar-refractivity contribution in [3.63, 3.8) is 0 Å². The maximum atomic E-state index is 11.5. The van der Waals surface area contributed by atoms with Gasteiger partial charge in [-0.15, -0.1) is 11.3 Å². The van der Waals surface area contributed by atoms with Gasteiger partial charge in [-0.2, -0.15) is 0 Å². The molecule has 0 radical (unpaired) electrons. The molecule has 3 aromatic rings. The van der Waals surface area contributed by atoms with Crippen LogP contribution in [0.5, 0.6) is 0 Å². The van der Waals surface area contributed by atoms with E-state index < -0.39 is 11.2 Å². The summed E-state index contributed by atoms with van der Waals surface area (Å²) in [6.07, 6.45) is 1.99. The van der Waals surface area contributed by atoms with Crippen LogP contribution in [0, 0.1) is 0 Å². The van der Waals surface area contributed by atoms with E-state index in [9.17, 15) is 4.55 Å². The van der Waals surface area contributed by atoms with Crippen LogP contribution in [-0.4, -0.2) is 34.1 Å². The molecule has 1 fully saturated rings. The Labute approximate surface area is 168 Å². The summed E-state index contributed by atoms with van der Waals surface area (Å²) in [5, 5.41) is 1.13. The van der Waals surface area contributed by atoms with Crippen molar-refractivity contribution in [3.05, 3.63) is 71.4 Å². The first-order valence-electron chi connectivity index (χ1n) is 9.26. The van der Waals surface area contributed by atoms with Crippen LogP contribution >= 0.6 is 11.3 Å². The quantitative estimate of drug-likeness (QED) is 0.600. The van der Waals surface area contributed by atoms with E-state index in [0.717, 1.165) is 29.6 Å². The number of hydrogen-bond acceptors (Lipinski definition) is 4. The summed E-state index contributed by atoms with van der Waals surface area (Å²) in [7, 11) is 0. The minimum Gasteiger partial charge on any atom is -0.616 e. The van der Waals surface area contributed by atoms with Crippen LogP contribution < -0.4 is 4.90 Å². The van der Waals surface area contributed by atoms with E-state index in [4.69, 9.17) is 4.98 Å². The van der Waals surface area contributed by atoms with Gasteiger partial charge in [-0.05, 0) is 37.1 Å². The monoisotopic (exact) mass is 396 g/mol. The van der Waals surface area contributed by atoms with Gasteiger partial charge in [-0.25, -0.2) is 4.98 Å². The lowest BCUT2D eigenvalue weighted by Crippen LogP contribution is -2.40. The summed E-state index contributed by atoms with van der Waals surface area (Å²) in [5.74, 6) is 1.54. The zero-order chi connectivity index (χ0) is 18.9. The van der Waals surface area contributed by atoms with Gasteiger partial charge in [0.25, 0.3) is 0 Å². The van der Waals surface area contributed by atoms with Crippen molar-refractivity contribution >= 4 is 28.2 Å². The van der Waals surface area contributed by atoms with Gasteiger partial charge in [-0.1, -0.05) is 53.6 Å². The van der Waals surface area contributed by atoms with Crippen molar-refractivity contribution in [1.29, 1.82) is 0 Å². The van der Waals surface area contributed by atoms with Gasteiger partial charge in [-0.3, -0.25) is 0 Å². The van der Waals surface area contributed by atoms with Crippen LogP contribution in [0.1, 0.15) is 24.4 Å². The molecule has 0 bridgehead atoms. The maximum Gasteiger partial charge on any atom is 0.123 e. The lowest BCUT2D eigenvalue weighted by atomic mass is 9.85. The van der Waals surface area contributed by atoms with Crippen molar-refractivity contribution in [1.82, 2.24) is 4.98 Å². The molecule has 0 spiro atoms. The molecule has 1 aromatic heterocycles. The summed E-state index contributed by atoms with van der Waals surface area (Å²) in [5.41, 5.74) is 3.59. The van der Waals surface area contributed by atoms with Crippen LogP contribution in [0.25, 0.3) is 10.4 Å². The molecule has 2 heterocycles. The Morgan fingerprint density at radius 3 is 2.33 bits per heavy atom. The van der Waals surface area contributed by atoms with Gasteiger partial charge >= 0.3 is 0 Å². The highest BCUT2D eigenvalue weighted by Crippen LogP contribution is 2.37. The predicted octanol–water partition coefficient (Wildman–Crippen LogP) is 4.70. The second-order valence-corrected chi connectivity index (χ2v) is 10.1. The van der Waals surface area contributed by atoms with E-state index in [-0.39, 0.29) is 5.41 Å². The van der Waals surface area contributed by atoms with Crippen LogP contribution in [0.2, 0.25) is 0 Å². The molecule has 1 saturated heterocycles. The number of aromatic nitrogens is 1. The molecule has 27 heavy (non-hydrogen) atoms. The average molecular weight is 397 g/mol. The molecule has 0 saturated carbocycles. The van der Waals surface area contributed by atoms with Gasteiger partial charge in [0.15, 0.2) is 0 Å². The Morgan fingerprint density at radius 1 is 1.00 bits per heavy atom. The van der Waals surface area contributed by atoms with Crippen molar-refractivity contribution in [2.75, 3.05) is 29.5 Å². The molecule has 1 aliphatic rings. The van der Waals surface area contributed by atoms with Crippen LogP contribution in [-0.2, 0) is 16.6 Å². The number of benzene rings is 2. The topological polar surface area (TPSA) is 39.2 Å². The number of hydrogen-bond donors (Lipinski definition) is 0.